The fourth-order valence-electron chi connectivity index (χ4n) is 8.33. The molecule has 2 aliphatic carbocycles. The van der Waals surface area contributed by atoms with Crippen molar-refractivity contribution in [1.82, 2.24) is 19.8 Å². The SMILES string of the molecule is CNC(=O)C(=NCC(=O)O)c1nc2ccccc2n(C2CC3CCC[C@H](C2)N3C2CC3CCCC(C3)C2)c1=O. The number of carboxylic acid groups (broad SMARTS) is 1. The molecule has 2 saturated heterocycles. The molecule has 208 valence electrons. The fourth-order valence-corrected chi connectivity index (χ4v) is 8.33. The lowest BCUT2D eigenvalue weighted by Crippen LogP contribution is -2.58. The molecule has 2 saturated carbocycles. The molecule has 3 heterocycles. The Morgan fingerprint density at radius 3 is 2.28 bits per heavy atom. The number of hydrogen-bond donors (Lipinski definition) is 2. The van der Waals surface area contributed by atoms with Gasteiger partial charge in [0.15, 0.2) is 11.4 Å². The van der Waals surface area contributed by atoms with Crippen molar-refractivity contribution >= 4 is 28.6 Å². The number of fused-ring (bicyclic) bond motifs is 5. The van der Waals surface area contributed by atoms with Crippen molar-refractivity contribution in [2.45, 2.75) is 94.8 Å². The Labute approximate surface area is 228 Å². The van der Waals surface area contributed by atoms with E-state index in [9.17, 15) is 19.5 Å². The van der Waals surface area contributed by atoms with Crippen LogP contribution in [0.2, 0.25) is 0 Å². The second-order valence-corrected chi connectivity index (χ2v) is 12.1. The predicted octanol–water partition coefficient (Wildman–Crippen LogP) is 3.54. The maximum absolute atomic E-state index is 14.1. The van der Waals surface area contributed by atoms with Gasteiger partial charge in [-0.15, -0.1) is 0 Å². The van der Waals surface area contributed by atoms with E-state index < -0.39 is 18.4 Å². The van der Waals surface area contributed by atoms with Crippen LogP contribution in [0, 0.1) is 11.8 Å². The summed E-state index contributed by atoms with van der Waals surface area (Å²) in [6, 6.07) is 9.09. The maximum atomic E-state index is 14.1. The number of carbonyl (C=O) groups excluding carboxylic acids is 1. The first kappa shape index (κ1) is 26.2. The van der Waals surface area contributed by atoms with Gasteiger partial charge in [-0.3, -0.25) is 24.3 Å². The van der Waals surface area contributed by atoms with E-state index in [4.69, 9.17) is 0 Å². The lowest BCUT2D eigenvalue weighted by atomic mass is 9.68. The number of aromatic nitrogens is 2. The molecular formula is C30H39N5O4. The van der Waals surface area contributed by atoms with Crippen LogP contribution in [-0.2, 0) is 9.59 Å². The lowest BCUT2D eigenvalue weighted by molar-refractivity contribution is -0.135. The Bertz CT molecular complexity index is 1330. The van der Waals surface area contributed by atoms with Crippen LogP contribution in [0.5, 0.6) is 0 Å². The number of carbonyl (C=O) groups is 2. The van der Waals surface area contributed by atoms with Gasteiger partial charge in [0.1, 0.15) is 6.54 Å². The minimum absolute atomic E-state index is 0.01000. The van der Waals surface area contributed by atoms with Crippen molar-refractivity contribution in [3.8, 4) is 0 Å². The number of hydrogen-bond acceptors (Lipinski definition) is 6. The summed E-state index contributed by atoms with van der Waals surface area (Å²) in [5.74, 6) is -0.0335. The summed E-state index contributed by atoms with van der Waals surface area (Å²) in [6.45, 7) is -0.609. The van der Waals surface area contributed by atoms with E-state index in [-0.39, 0.29) is 23.0 Å². The van der Waals surface area contributed by atoms with Crippen LogP contribution >= 0.6 is 0 Å². The standard InChI is InChI=1S/C30H39N5O4/c1-31-29(38)27(32-17-26(36)37)28-30(39)35(25-11-3-2-10-24(25)33-28)23-15-20-8-5-9-21(16-23)34(20)22-13-18-6-4-7-19(12-18)14-22/h2-3,10-11,18-23H,4-9,12-17H2,1H3,(H,31,38)(H,36,37)/t18?,19?,20-,21?,22?,23?/m1/s1. The molecule has 1 amide bonds. The van der Waals surface area contributed by atoms with E-state index >= 15 is 0 Å². The number of piperidine rings is 2. The lowest BCUT2D eigenvalue weighted by Gasteiger charge is -2.55. The number of amides is 1. The summed E-state index contributed by atoms with van der Waals surface area (Å²) in [6.07, 6.45) is 13.6. The molecule has 4 fully saturated rings. The van der Waals surface area contributed by atoms with Crippen molar-refractivity contribution in [3.63, 3.8) is 0 Å². The van der Waals surface area contributed by atoms with E-state index in [1.807, 2.05) is 28.8 Å². The maximum Gasteiger partial charge on any atom is 0.325 e. The molecule has 0 radical (unpaired) electrons. The molecule has 2 aromatic rings. The zero-order valence-corrected chi connectivity index (χ0v) is 22.7. The van der Waals surface area contributed by atoms with Crippen LogP contribution in [0.15, 0.2) is 34.1 Å². The predicted molar refractivity (Wildman–Crippen MR) is 149 cm³/mol. The molecule has 1 aromatic carbocycles. The highest BCUT2D eigenvalue weighted by Gasteiger charge is 2.45. The number of nitrogens with zero attached hydrogens (tertiary/aromatic N) is 4. The molecule has 2 N–H and O–H groups in total. The van der Waals surface area contributed by atoms with Gasteiger partial charge in [0.25, 0.3) is 11.5 Å². The van der Waals surface area contributed by atoms with E-state index in [2.05, 4.69) is 20.2 Å². The molecule has 5 atom stereocenters. The Hall–Kier alpha value is -3.07. The number of nitrogens with one attached hydrogen (secondary N) is 1. The highest BCUT2D eigenvalue weighted by Crippen LogP contribution is 2.47. The van der Waals surface area contributed by atoms with Gasteiger partial charge in [-0.05, 0) is 68.9 Å². The molecule has 6 rings (SSSR count). The average molecular weight is 534 g/mol. The average Bonchev–Trinajstić information content (AvgIpc) is 2.92. The summed E-state index contributed by atoms with van der Waals surface area (Å²) in [5, 5.41) is 11.7. The largest absolute Gasteiger partial charge is 0.480 e. The smallest absolute Gasteiger partial charge is 0.325 e. The van der Waals surface area contributed by atoms with E-state index in [0.29, 0.717) is 23.6 Å². The minimum atomic E-state index is -1.18. The number of aliphatic carboxylic acids is 1. The highest BCUT2D eigenvalue weighted by atomic mass is 16.4. The molecular weight excluding hydrogens is 494 g/mol. The molecule has 4 bridgehead atoms. The summed E-state index contributed by atoms with van der Waals surface area (Å²) in [7, 11) is 1.44. The van der Waals surface area contributed by atoms with Crippen LogP contribution in [0.1, 0.15) is 82.4 Å². The molecule has 0 spiro atoms. The first-order chi connectivity index (χ1) is 18.9. The monoisotopic (exact) mass is 533 g/mol. The summed E-state index contributed by atoms with van der Waals surface area (Å²) < 4.78 is 1.84. The van der Waals surface area contributed by atoms with Gasteiger partial charge < -0.3 is 15.0 Å². The summed E-state index contributed by atoms with van der Waals surface area (Å²) >= 11 is 0. The quantitative estimate of drug-likeness (QED) is 0.549. The number of aliphatic imine (C=N–C) groups is 1. The van der Waals surface area contributed by atoms with Crippen molar-refractivity contribution < 1.29 is 14.7 Å². The second kappa shape index (κ2) is 10.8. The van der Waals surface area contributed by atoms with Gasteiger partial charge >= 0.3 is 5.97 Å². The number of para-hydroxylation sites is 2. The van der Waals surface area contributed by atoms with E-state index in [1.54, 1.807) is 0 Å². The van der Waals surface area contributed by atoms with Gasteiger partial charge in [0, 0.05) is 31.2 Å². The first-order valence-electron chi connectivity index (χ1n) is 14.7. The molecule has 39 heavy (non-hydrogen) atoms. The van der Waals surface area contributed by atoms with Crippen LogP contribution in [0.3, 0.4) is 0 Å². The van der Waals surface area contributed by atoms with Gasteiger partial charge in [-0.1, -0.05) is 37.8 Å². The first-order valence-corrected chi connectivity index (χ1v) is 14.7. The second-order valence-electron chi connectivity index (χ2n) is 12.1. The van der Waals surface area contributed by atoms with Crippen LogP contribution in [0.4, 0.5) is 0 Å². The number of carboxylic acids is 1. The molecule has 4 unspecified atom stereocenters. The highest BCUT2D eigenvalue weighted by molar-refractivity contribution is 6.45. The number of benzene rings is 1. The number of likely N-dealkylation sites (N-methyl/N-ethyl adjacent to an activating group) is 1. The third-order valence-electron chi connectivity index (χ3n) is 9.73. The van der Waals surface area contributed by atoms with Gasteiger partial charge in [-0.2, -0.15) is 0 Å². The normalized spacial score (nSPS) is 31.2. The zero-order valence-electron chi connectivity index (χ0n) is 22.7. The molecule has 9 heteroatoms. The molecule has 2 aliphatic heterocycles. The molecule has 1 aromatic heterocycles. The fraction of sp³-hybridized carbons (Fsp3) is 0.633. The van der Waals surface area contributed by atoms with Crippen LogP contribution in [-0.4, -0.2) is 68.9 Å². The summed E-state index contributed by atoms with van der Waals surface area (Å²) in [5.41, 5.74) is 0.680. The van der Waals surface area contributed by atoms with Crippen LogP contribution in [0.25, 0.3) is 11.0 Å². The van der Waals surface area contributed by atoms with Crippen molar-refractivity contribution in [2.24, 2.45) is 16.8 Å². The Kier molecular flexibility index (Phi) is 7.27. The Balaban J connectivity index is 1.38. The van der Waals surface area contributed by atoms with Crippen molar-refractivity contribution in [2.75, 3.05) is 13.6 Å². The minimum Gasteiger partial charge on any atom is -0.480 e. The summed E-state index contributed by atoms with van der Waals surface area (Å²) in [4.78, 5) is 49.5. The van der Waals surface area contributed by atoms with E-state index in [0.717, 1.165) is 43.0 Å². The Morgan fingerprint density at radius 2 is 1.62 bits per heavy atom. The third-order valence-corrected chi connectivity index (χ3v) is 9.73. The Morgan fingerprint density at radius 1 is 0.949 bits per heavy atom. The molecule has 9 nitrogen and oxygen atoms in total. The van der Waals surface area contributed by atoms with Gasteiger partial charge in [0.05, 0.1) is 11.0 Å². The van der Waals surface area contributed by atoms with Crippen LogP contribution < -0.4 is 10.9 Å². The zero-order chi connectivity index (χ0) is 27.1. The van der Waals surface area contributed by atoms with Gasteiger partial charge in [0.2, 0.25) is 0 Å². The van der Waals surface area contributed by atoms with E-state index in [1.165, 1.54) is 52.0 Å². The van der Waals surface area contributed by atoms with Gasteiger partial charge in [-0.25, -0.2) is 4.98 Å². The third kappa shape index (κ3) is 5.01. The molecule has 4 aliphatic rings. The van der Waals surface area contributed by atoms with Crippen molar-refractivity contribution in [3.05, 3.63) is 40.3 Å². The number of rotatable bonds is 6. The van der Waals surface area contributed by atoms with Crippen molar-refractivity contribution in [1.29, 1.82) is 0 Å². The topological polar surface area (TPSA) is 117 Å².